The van der Waals surface area contributed by atoms with Crippen molar-refractivity contribution in [1.29, 1.82) is 0 Å². The predicted octanol–water partition coefficient (Wildman–Crippen LogP) is 3.10. The number of rotatable bonds is 4. The van der Waals surface area contributed by atoms with Crippen LogP contribution in [-0.4, -0.2) is 46.7 Å². The van der Waals surface area contributed by atoms with E-state index in [9.17, 15) is 4.79 Å². The van der Waals surface area contributed by atoms with Crippen molar-refractivity contribution in [2.24, 2.45) is 5.73 Å². The molecule has 1 atom stereocenters. The summed E-state index contributed by atoms with van der Waals surface area (Å²) in [6, 6.07) is 11.8. The molecular weight excluding hydrogens is 328 g/mol. The maximum absolute atomic E-state index is 11.4. The maximum atomic E-state index is 11.4. The molecule has 0 unspecified atom stereocenters. The fourth-order valence-electron chi connectivity index (χ4n) is 3.51. The lowest BCUT2D eigenvalue weighted by atomic mass is 10.1. The number of pyridine rings is 1. The minimum Gasteiger partial charge on any atom is -0.492 e. The molecule has 3 heterocycles. The Morgan fingerprint density at radius 1 is 1.31 bits per heavy atom. The molecule has 1 fully saturated rings. The number of carbonyl (C=O) groups is 1. The number of hydrogen-bond acceptors (Lipinski definition) is 4. The van der Waals surface area contributed by atoms with Gasteiger partial charge in [-0.05, 0) is 56.3 Å². The highest BCUT2D eigenvalue weighted by Gasteiger charge is 2.21. The number of hydrogen-bond donors (Lipinski definition) is 1. The molecule has 6 nitrogen and oxygen atoms in total. The Morgan fingerprint density at radius 3 is 2.96 bits per heavy atom. The molecule has 6 heteroatoms. The lowest BCUT2D eigenvalue weighted by molar-refractivity contribution is 0.198. The van der Waals surface area contributed by atoms with E-state index in [2.05, 4.69) is 16.9 Å². The van der Waals surface area contributed by atoms with Gasteiger partial charge in [-0.1, -0.05) is 12.1 Å². The quantitative estimate of drug-likeness (QED) is 0.785. The van der Waals surface area contributed by atoms with Crippen LogP contribution in [0.5, 0.6) is 5.75 Å². The SMILES string of the molecule is CN1CCC[C@H]1COc1cccc(-c2cnc3c(ccn3C(N)=O)c2)c1. The Hall–Kier alpha value is -2.86. The highest BCUT2D eigenvalue weighted by molar-refractivity contribution is 5.90. The standard InChI is InChI=1S/C20H22N4O2/c1-23-8-3-5-17(23)13-26-18-6-2-4-14(11-18)16-10-15-7-9-24(20(21)25)19(15)22-12-16/h2,4,6-7,9-12,17H,3,5,8,13H2,1H3,(H2,21,25)/t17-/m0/s1. The van der Waals surface area contributed by atoms with E-state index in [1.54, 1.807) is 12.4 Å². The molecular formula is C20H22N4O2. The van der Waals surface area contributed by atoms with Crippen LogP contribution in [0.3, 0.4) is 0 Å². The van der Waals surface area contributed by atoms with Crippen molar-refractivity contribution in [3.63, 3.8) is 0 Å². The van der Waals surface area contributed by atoms with Gasteiger partial charge < -0.3 is 15.4 Å². The van der Waals surface area contributed by atoms with Gasteiger partial charge in [0, 0.05) is 29.4 Å². The van der Waals surface area contributed by atoms with Crippen molar-refractivity contribution in [3.05, 3.63) is 48.8 Å². The van der Waals surface area contributed by atoms with E-state index in [0.717, 1.165) is 28.8 Å². The Bertz CT molecular complexity index is 950. The van der Waals surface area contributed by atoms with Crippen molar-refractivity contribution >= 4 is 17.1 Å². The predicted molar refractivity (Wildman–Crippen MR) is 101 cm³/mol. The van der Waals surface area contributed by atoms with E-state index < -0.39 is 6.03 Å². The van der Waals surface area contributed by atoms with Crippen LogP contribution in [0.15, 0.2) is 48.8 Å². The van der Waals surface area contributed by atoms with Crippen LogP contribution in [-0.2, 0) is 0 Å². The number of primary amides is 1. The second-order valence-corrected chi connectivity index (χ2v) is 6.78. The first kappa shape index (κ1) is 16.6. The maximum Gasteiger partial charge on any atom is 0.324 e. The van der Waals surface area contributed by atoms with Crippen molar-refractivity contribution in [2.45, 2.75) is 18.9 Å². The molecule has 0 bridgehead atoms. The number of amides is 1. The molecule has 1 amide bonds. The third kappa shape index (κ3) is 3.15. The fourth-order valence-corrected chi connectivity index (χ4v) is 3.51. The summed E-state index contributed by atoms with van der Waals surface area (Å²) in [5.41, 5.74) is 7.93. The first-order valence-corrected chi connectivity index (χ1v) is 8.82. The molecule has 4 rings (SSSR count). The smallest absolute Gasteiger partial charge is 0.324 e. The number of nitrogens with two attached hydrogens (primary N) is 1. The average Bonchev–Trinajstić information content (AvgIpc) is 3.25. The van der Waals surface area contributed by atoms with Crippen LogP contribution in [0, 0.1) is 0 Å². The summed E-state index contributed by atoms with van der Waals surface area (Å²) in [6.45, 7) is 1.85. The van der Waals surface area contributed by atoms with E-state index in [-0.39, 0.29) is 0 Å². The molecule has 26 heavy (non-hydrogen) atoms. The Kier molecular flexibility index (Phi) is 4.34. The van der Waals surface area contributed by atoms with Crippen molar-refractivity contribution < 1.29 is 9.53 Å². The molecule has 0 spiro atoms. The summed E-state index contributed by atoms with van der Waals surface area (Å²) in [5.74, 6) is 0.859. The summed E-state index contributed by atoms with van der Waals surface area (Å²) in [6.07, 6.45) is 5.82. The van der Waals surface area contributed by atoms with E-state index >= 15 is 0 Å². The van der Waals surface area contributed by atoms with Crippen LogP contribution < -0.4 is 10.5 Å². The number of benzene rings is 1. The summed E-state index contributed by atoms with van der Waals surface area (Å²) < 4.78 is 7.36. The van der Waals surface area contributed by atoms with Crippen molar-refractivity contribution in [1.82, 2.24) is 14.5 Å². The second-order valence-electron chi connectivity index (χ2n) is 6.78. The summed E-state index contributed by atoms with van der Waals surface area (Å²) >= 11 is 0. The number of likely N-dealkylation sites (tertiary alicyclic amines) is 1. The largest absolute Gasteiger partial charge is 0.492 e. The number of aromatic nitrogens is 2. The molecule has 0 aliphatic carbocycles. The molecule has 0 radical (unpaired) electrons. The van der Waals surface area contributed by atoms with Crippen molar-refractivity contribution in [3.8, 4) is 16.9 Å². The third-order valence-electron chi connectivity index (χ3n) is 5.05. The zero-order valence-electron chi connectivity index (χ0n) is 14.8. The van der Waals surface area contributed by atoms with Gasteiger partial charge in [0.2, 0.25) is 0 Å². The number of likely N-dealkylation sites (N-methyl/N-ethyl adjacent to an activating group) is 1. The molecule has 1 saturated heterocycles. The summed E-state index contributed by atoms with van der Waals surface area (Å²) in [5, 5.41) is 0.875. The van der Waals surface area contributed by atoms with Crippen LogP contribution in [0.4, 0.5) is 4.79 Å². The van der Waals surface area contributed by atoms with Gasteiger partial charge in [0.1, 0.15) is 18.0 Å². The number of nitrogens with zero attached hydrogens (tertiary/aromatic N) is 3. The Morgan fingerprint density at radius 2 is 2.19 bits per heavy atom. The Balaban J connectivity index is 1.56. The minimum absolute atomic E-state index is 0.491. The van der Waals surface area contributed by atoms with Gasteiger partial charge >= 0.3 is 6.03 Å². The fraction of sp³-hybridized carbons (Fsp3) is 0.300. The molecule has 134 valence electrons. The normalized spacial score (nSPS) is 17.7. The van der Waals surface area contributed by atoms with Gasteiger partial charge in [-0.2, -0.15) is 0 Å². The van der Waals surface area contributed by atoms with E-state index in [1.807, 2.05) is 36.4 Å². The van der Waals surface area contributed by atoms with Crippen LogP contribution in [0.1, 0.15) is 12.8 Å². The molecule has 1 aliphatic heterocycles. The van der Waals surface area contributed by atoms with Gasteiger partial charge in [-0.15, -0.1) is 0 Å². The zero-order chi connectivity index (χ0) is 18.1. The first-order valence-electron chi connectivity index (χ1n) is 8.82. The van der Waals surface area contributed by atoms with Crippen LogP contribution in [0.25, 0.3) is 22.2 Å². The van der Waals surface area contributed by atoms with E-state index in [1.165, 1.54) is 17.4 Å². The highest BCUT2D eigenvalue weighted by atomic mass is 16.5. The number of carbonyl (C=O) groups excluding carboxylic acids is 1. The molecule has 1 aliphatic rings. The first-order chi connectivity index (χ1) is 12.6. The zero-order valence-corrected chi connectivity index (χ0v) is 14.8. The molecule has 3 aromatic rings. The molecule has 2 N–H and O–H groups in total. The second kappa shape index (κ2) is 6.80. The molecule has 1 aromatic carbocycles. The van der Waals surface area contributed by atoms with Gasteiger partial charge in [0.15, 0.2) is 0 Å². The average molecular weight is 350 g/mol. The van der Waals surface area contributed by atoms with Gasteiger partial charge in [-0.25, -0.2) is 9.78 Å². The van der Waals surface area contributed by atoms with Crippen molar-refractivity contribution in [2.75, 3.05) is 20.2 Å². The van der Waals surface area contributed by atoms with Crippen LogP contribution in [0.2, 0.25) is 0 Å². The Labute approximate surface area is 152 Å². The lowest BCUT2D eigenvalue weighted by Gasteiger charge is -2.19. The van der Waals surface area contributed by atoms with Gasteiger partial charge in [0.05, 0.1) is 0 Å². The van der Waals surface area contributed by atoms with Gasteiger partial charge in [0.25, 0.3) is 0 Å². The minimum atomic E-state index is -0.535. The monoisotopic (exact) mass is 350 g/mol. The summed E-state index contributed by atoms with van der Waals surface area (Å²) in [4.78, 5) is 18.2. The number of ether oxygens (including phenoxy) is 1. The van der Waals surface area contributed by atoms with E-state index in [4.69, 9.17) is 10.5 Å². The van der Waals surface area contributed by atoms with Crippen LogP contribution >= 0.6 is 0 Å². The number of fused-ring (bicyclic) bond motifs is 1. The molecule has 0 saturated carbocycles. The lowest BCUT2D eigenvalue weighted by Crippen LogP contribution is -2.30. The topological polar surface area (TPSA) is 73.4 Å². The van der Waals surface area contributed by atoms with Gasteiger partial charge in [-0.3, -0.25) is 4.57 Å². The summed E-state index contributed by atoms with van der Waals surface area (Å²) in [7, 11) is 2.15. The third-order valence-corrected chi connectivity index (χ3v) is 5.05. The highest BCUT2D eigenvalue weighted by Crippen LogP contribution is 2.27. The van der Waals surface area contributed by atoms with E-state index in [0.29, 0.717) is 18.3 Å². The molecule has 2 aromatic heterocycles.